The van der Waals surface area contributed by atoms with Crippen molar-refractivity contribution in [3.63, 3.8) is 0 Å². The molecule has 0 aromatic carbocycles. The largest absolute Gasteiger partial charge is 0.481 e. The summed E-state index contributed by atoms with van der Waals surface area (Å²) in [5.41, 5.74) is 6.91. The molecule has 0 radical (unpaired) electrons. The summed E-state index contributed by atoms with van der Waals surface area (Å²) in [6, 6.07) is 3.52. The van der Waals surface area contributed by atoms with Gasteiger partial charge in [0.1, 0.15) is 11.1 Å². The maximum absolute atomic E-state index is 14.5. The Kier molecular flexibility index (Phi) is 10.6. The maximum atomic E-state index is 14.5. The minimum Gasteiger partial charge on any atom is -0.481 e. The number of Topliss-reactive ketones (excluding diaryl/α,β-unsaturated/α-hetero) is 1. The van der Waals surface area contributed by atoms with Gasteiger partial charge in [-0.05, 0) is 122 Å². The van der Waals surface area contributed by atoms with Gasteiger partial charge in [-0.25, -0.2) is 9.67 Å². The average Bonchev–Trinajstić information content (AvgIpc) is 3.58. The van der Waals surface area contributed by atoms with E-state index in [0.29, 0.717) is 42.1 Å². The number of carbonyl (C=O) groups excluding carboxylic acids is 2. The second kappa shape index (κ2) is 14.3. The van der Waals surface area contributed by atoms with Gasteiger partial charge >= 0.3 is 11.9 Å². The molecule has 5 aliphatic carbocycles. The minimum atomic E-state index is -1.19. The highest BCUT2D eigenvalue weighted by molar-refractivity contribution is 6.31. The number of aromatic nitrogens is 3. The molecule has 11 nitrogen and oxygen atoms in total. The zero-order valence-electron chi connectivity index (χ0n) is 36.3. The predicted octanol–water partition coefficient (Wildman–Crippen LogP) is 8.30. The number of allylic oxidation sites excluding steroid dienone is 2. The number of carboxylic acids is 1. The van der Waals surface area contributed by atoms with Crippen LogP contribution < -0.4 is 16.0 Å². The van der Waals surface area contributed by atoms with Gasteiger partial charge in [0, 0.05) is 29.9 Å². The topological polar surface area (TPSA) is 156 Å². The molecular weight excluding hydrogens is 756 g/mol. The first-order valence-electron chi connectivity index (χ1n) is 21.5. The van der Waals surface area contributed by atoms with Gasteiger partial charge in [0.25, 0.3) is 5.56 Å². The van der Waals surface area contributed by atoms with Crippen LogP contribution in [0.2, 0.25) is 5.02 Å². The summed E-state index contributed by atoms with van der Waals surface area (Å²) in [5.74, 6) is -0.00663. The van der Waals surface area contributed by atoms with Crippen molar-refractivity contribution in [1.82, 2.24) is 14.3 Å². The zero-order chi connectivity index (χ0) is 42.5. The van der Waals surface area contributed by atoms with Gasteiger partial charge in [0.15, 0.2) is 5.78 Å². The van der Waals surface area contributed by atoms with Crippen LogP contribution in [0.4, 0.5) is 0 Å². The Labute approximate surface area is 348 Å². The van der Waals surface area contributed by atoms with Crippen LogP contribution in [-0.2, 0) is 31.1 Å². The smallest absolute Gasteiger partial charge is 0.309 e. The van der Waals surface area contributed by atoms with Crippen molar-refractivity contribution >= 4 is 29.3 Å². The molecule has 5 aliphatic rings. The van der Waals surface area contributed by atoms with E-state index in [1.807, 2.05) is 4.68 Å². The summed E-state index contributed by atoms with van der Waals surface area (Å²) in [7, 11) is 1.55. The highest BCUT2D eigenvalue weighted by Crippen LogP contribution is 2.77. The number of esters is 1. The molecule has 3 N–H and O–H groups in total. The Balaban J connectivity index is 1.28. The highest BCUT2D eigenvalue weighted by atomic mass is 35.5. The Bertz CT molecular complexity index is 2100. The van der Waals surface area contributed by atoms with Crippen LogP contribution in [0.5, 0.6) is 5.88 Å². The number of hydrogen-bond donors (Lipinski definition) is 2. The molecule has 58 heavy (non-hydrogen) atoms. The van der Waals surface area contributed by atoms with Crippen LogP contribution in [0.15, 0.2) is 34.3 Å². The molecule has 12 heteroatoms. The van der Waals surface area contributed by atoms with Gasteiger partial charge in [0.05, 0.1) is 43.1 Å². The molecule has 0 unspecified atom stereocenters. The number of aliphatic carboxylic acids is 1. The van der Waals surface area contributed by atoms with Gasteiger partial charge in [-0.1, -0.05) is 60.1 Å². The van der Waals surface area contributed by atoms with E-state index in [-0.39, 0.29) is 75.4 Å². The lowest BCUT2D eigenvalue weighted by Gasteiger charge is -2.72. The normalized spacial score (nSPS) is 34.3. The maximum Gasteiger partial charge on any atom is 0.309 e. The van der Waals surface area contributed by atoms with Gasteiger partial charge in [0.2, 0.25) is 5.88 Å². The van der Waals surface area contributed by atoms with Gasteiger partial charge in [-0.2, -0.15) is 0 Å². The molecule has 318 valence electrons. The molecule has 8 atom stereocenters. The number of rotatable bonds is 10. The number of fused-ring (bicyclic) bond motifs is 7. The van der Waals surface area contributed by atoms with E-state index in [9.17, 15) is 24.3 Å². The number of nitrogens with two attached hydrogens (primary N) is 1. The standard InChI is InChI=1S/C46H65ClN4O7/c1-26(2)35-29(52)23-46(38-37(47)39(54)51(50(38)22-21-48)27-11-14-33(57-10)49-25-27)20-19-44(8)28(36(35)46)12-13-31-43(7)17-16-32(58-34(53)24-41(3,4)40(55)56)42(5,6)30(43)15-18-45(31,44)9/h11,14,25-26,28,30-32H,12-13,15-24,48H2,1-10H3,(H,55,56)/t28-,30+,31-,32+,43+,44-,45-,46-/m1/s1. The number of carboxylic acid groups (broad SMARTS) is 1. The molecule has 2 aromatic heterocycles. The molecule has 2 heterocycles. The fourth-order valence-corrected chi connectivity index (χ4v) is 14.3. The van der Waals surface area contributed by atoms with E-state index < -0.39 is 22.8 Å². The Morgan fingerprint density at radius 3 is 2.31 bits per heavy atom. The monoisotopic (exact) mass is 820 g/mol. The molecule has 0 aliphatic heterocycles. The van der Waals surface area contributed by atoms with Gasteiger partial charge < -0.3 is 20.3 Å². The van der Waals surface area contributed by atoms with E-state index in [1.165, 1.54) is 5.57 Å². The molecule has 4 saturated carbocycles. The lowest BCUT2D eigenvalue weighted by Crippen LogP contribution is -2.66. The highest BCUT2D eigenvalue weighted by Gasteiger charge is 2.71. The van der Waals surface area contributed by atoms with Gasteiger partial charge in [-0.3, -0.25) is 23.9 Å². The van der Waals surface area contributed by atoms with E-state index in [2.05, 4.69) is 53.5 Å². The van der Waals surface area contributed by atoms with Crippen molar-refractivity contribution in [2.45, 2.75) is 145 Å². The van der Waals surface area contributed by atoms with E-state index in [0.717, 1.165) is 50.5 Å². The van der Waals surface area contributed by atoms with Gasteiger partial charge in [-0.15, -0.1) is 0 Å². The fraction of sp³-hybridized carbons (Fsp3) is 0.717. The fourth-order valence-electron chi connectivity index (χ4n) is 13.9. The molecular formula is C46H65ClN4O7. The van der Waals surface area contributed by atoms with E-state index in [4.69, 9.17) is 26.8 Å². The first-order valence-corrected chi connectivity index (χ1v) is 21.9. The second-order valence-corrected chi connectivity index (χ2v) is 21.1. The number of ketones is 1. The third-order valence-electron chi connectivity index (χ3n) is 16.9. The summed E-state index contributed by atoms with van der Waals surface area (Å²) >= 11 is 7.26. The zero-order valence-corrected chi connectivity index (χ0v) is 37.1. The summed E-state index contributed by atoms with van der Waals surface area (Å²) in [4.78, 5) is 58.2. The molecule has 0 saturated heterocycles. The quantitative estimate of drug-likeness (QED) is 0.225. The molecule has 0 spiro atoms. The van der Waals surface area contributed by atoms with Crippen molar-refractivity contribution < 1.29 is 29.0 Å². The number of hydrogen-bond acceptors (Lipinski definition) is 8. The molecule has 4 fully saturated rings. The summed E-state index contributed by atoms with van der Waals surface area (Å²) in [5, 5.41) is 9.80. The van der Waals surface area contributed by atoms with Crippen molar-refractivity contribution in [3.8, 4) is 11.6 Å². The molecule has 2 aromatic rings. The van der Waals surface area contributed by atoms with Crippen LogP contribution >= 0.6 is 11.6 Å². The number of pyridine rings is 1. The van der Waals surface area contributed by atoms with Crippen molar-refractivity contribution in [1.29, 1.82) is 0 Å². The van der Waals surface area contributed by atoms with E-state index in [1.54, 1.807) is 44.0 Å². The first kappa shape index (κ1) is 42.7. The number of halogens is 1. The van der Waals surface area contributed by atoms with Crippen LogP contribution in [0.1, 0.15) is 132 Å². The lowest BCUT2D eigenvalue weighted by atomic mass is 9.33. The van der Waals surface area contributed by atoms with Crippen molar-refractivity contribution in [2.24, 2.45) is 56.5 Å². The summed E-state index contributed by atoms with van der Waals surface area (Å²) < 4.78 is 15.0. The summed E-state index contributed by atoms with van der Waals surface area (Å²) in [6.07, 6.45) is 8.67. The van der Waals surface area contributed by atoms with E-state index >= 15 is 0 Å². The Morgan fingerprint density at radius 2 is 1.71 bits per heavy atom. The minimum absolute atomic E-state index is 0.00243. The SMILES string of the molecule is COc1ccc(-n2c(=O)c(Cl)c([C@@]34CC[C@]5(C)[C@H](CC[C@@H]6[C@@]7(C)CC[C@H](OC(=O)CC(C)(C)C(=O)O)C(C)(C)[C@@H]7CC[C@]65C)C3=C(C(C)C)C(=O)C4)n2CCN)cn1. The molecule has 0 bridgehead atoms. The lowest BCUT2D eigenvalue weighted by molar-refractivity contribution is -0.232. The first-order chi connectivity index (χ1) is 27.1. The number of carbonyl (C=O) groups is 3. The molecule has 0 amide bonds. The van der Waals surface area contributed by atoms with Crippen LogP contribution in [0.3, 0.4) is 0 Å². The van der Waals surface area contributed by atoms with Crippen molar-refractivity contribution in [3.05, 3.63) is 50.5 Å². The number of ether oxygens (including phenoxy) is 2. The average molecular weight is 821 g/mol. The van der Waals surface area contributed by atoms with Crippen molar-refractivity contribution in [2.75, 3.05) is 13.7 Å². The van der Waals surface area contributed by atoms with Crippen LogP contribution in [0.25, 0.3) is 5.69 Å². The number of methoxy groups -OCH3 is 1. The Morgan fingerprint density at radius 1 is 1.00 bits per heavy atom. The van der Waals surface area contributed by atoms with Crippen LogP contribution in [0, 0.1) is 50.7 Å². The third kappa shape index (κ3) is 6.00. The predicted molar refractivity (Wildman–Crippen MR) is 223 cm³/mol. The Hall–Kier alpha value is -3.44. The molecule has 7 rings (SSSR count). The van der Waals surface area contributed by atoms with Crippen LogP contribution in [-0.4, -0.2) is 56.9 Å². The number of nitrogens with zero attached hydrogens (tertiary/aromatic N) is 3. The third-order valence-corrected chi connectivity index (χ3v) is 17.2. The second-order valence-electron chi connectivity index (χ2n) is 20.7. The summed E-state index contributed by atoms with van der Waals surface area (Å²) in [6.45, 7) is 20.0.